The van der Waals surface area contributed by atoms with Gasteiger partial charge in [-0.25, -0.2) is 0 Å². The van der Waals surface area contributed by atoms with Crippen LogP contribution in [0.2, 0.25) is 0 Å². The Kier molecular flexibility index (Phi) is 6.53. The van der Waals surface area contributed by atoms with Crippen molar-refractivity contribution >= 4 is 29.7 Å². The Hall–Kier alpha value is -2.40. The molecule has 134 valence electrons. The number of rotatable bonds is 4. The zero-order valence-corrected chi connectivity index (χ0v) is 14.9. The lowest BCUT2D eigenvalue weighted by Crippen LogP contribution is -2.48. The highest BCUT2D eigenvalue weighted by Crippen LogP contribution is 2.27. The fourth-order valence-corrected chi connectivity index (χ4v) is 3.09. The summed E-state index contributed by atoms with van der Waals surface area (Å²) in [6, 6.07) is 15.0. The molecule has 2 aromatic carbocycles. The summed E-state index contributed by atoms with van der Waals surface area (Å²) in [5, 5.41) is 9.94. The van der Waals surface area contributed by atoms with E-state index in [4.69, 9.17) is 5.73 Å². The summed E-state index contributed by atoms with van der Waals surface area (Å²) in [5.41, 5.74) is 8.53. The number of halogens is 1. The summed E-state index contributed by atoms with van der Waals surface area (Å²) >= 11 is 0. The zero-order chi connectivity index (χ0) is 16.9. The van der Waals surface area contributed by atoms with E-state index < -0.39 is 0 Å². The van der Waals surface area contributed by atoms with Gasteiger partial charge < -0.3 is 20.6 Å². The highest BCUT2D eigenvalue weighted by molar-refractivity contribution is 5.85. The monoisotopic (exact) mass is 361 g/mol. The predicted molar refractivity (Wildman–Crippen MR) is 103 cm³/mol. The molecule has 1 aliphatic rings. The molecule has 3 rings (SSSR count). The van der Waals surface area contributed by atoms with Crippen molar-refractivity contribution in [2.45, 2.75) is 12.8 Å². The molecule has 5 nitrogen and oxygen atoms in total. The number of carbonyl (C=O) groups is 1. The first-order valence-corrected chi connectivity index (χ1v) is 8.29. The van der Waals surface area contributed by atoms with E-state index in [1.807, 2.05) is 47.4 Å². The van der Waals surface area contributed by atoms with E-state index in [0.717, 1.165) is 30.0 Å². The maximum absolute atomic E-state index is 12.4. The first-order valence-electron chi connectivity index (χ1n) is 8.29. The molecule has 3 N–H and O–H groups in total. The fourth-order valence-electron chi connectivity index (χ4n) is 3.09. The molecule has 0 aromatic heterocycles. The molecule has 1 amide bonds. The predicted octanol–water partition coefficient (Wildman–Crippen LogP) is 2.68. The third kappa shape index (κ3) is 4.57. The number of aryl methyl sites for hydroxylation is 1. The Labute approximate surface area is 154 Å². The summed E-state index contributed by atoms with van der Waals surface area (Å²) in [6.07, 6.45) is 1.15. The minimum atomic E-state index is 0. The highest BCUT2D eigenvalue weighted by Gasteiger charge is 2.22. The van der Waals surface area contributed by atoms with Crippen LogP contribution in [-0.2, 0) is 11.2 Å². The van der Waals surface area contributed by atoms with Crippen molar-refractivity contribution in [3.8, 4) is 5.75 Å². The molecular weight excluding hydrogens is 338 g/mol. The van der Waals surface area contributed by atoms with E-state index in [1.165, 1.54) is 0 Å². The molecule has 1 fully saturated rings. The zero-order valence-electron chi connectivity index (χ0n) is 14.1. The largest absolute Gasteiger partial charge is 0.506 e. The Morgan fingerprint density at radius 2 is 1.64 bits per heavy atom. The molecule has 0 bridgehead atoms. The van der Waals surface area contributed by atoms with Gasteiger partial charge in [-0.15, -0.1) is 12.4 Å². The number of hydrogen-bond donors (Lipinski definition) is 2. The van der Waals surface area contributed by atoms with E-state index in [-0.39, 0.29) is 24.1 Å². The number of piperazine rings is 1. The summed E-state index contributed by atoms with van der Waals surface area (Å²) in [5.74, 6) is 0.451. The van der Waals surface area contributed by atoms with Crippen LogP contribution < -0.4 is 10.6 Å². The number of phenols is 1. The van der Waals surface area contributed by atoms with E-state index in [0.29, 0.717) is 25.9 Å². The minimum Gasteiger partial charge on any atom is -0.506 e. The van der Waals surface area contributed by atoms with Crippen molar-refractivity contribution in [1.29, 1.82) is 0 Å². The third-order valence-electron chi connectivity index (χ3n) is 4.52. The van der Waals surface area contributed by atoms with Crippen LogP contribution in [0.3, 0.4) is 0 Å². The van der Waals surface area contributed by atoms with Gasteiger partial charge in [0, 0.05) is 38.3 Å². The lowest BCUT2D eigenvalue weighted by atomic mass is 10.1. The van der Waals surface area contributed by atoms with Crippen molar-refractivity contribution in [2.24, 2.45) is 0 Å². The van der Waals surface area contributed by atoms with E-state index in [1.54, 1.807) is 6.07 Å². The quantitative estimate of drug-likeness (QED) is 0.821. The Morgan fingerprint density at radius 1 is 1.00 bits per heavy atom. The second kappa shape index (κ2) is 8.62. The van der Waals surface area contributed by atoms with Gasteiger partial charge in [0.25, 0.3) is 0 Å². The van der Waals surface area contributed by atoms with Gasteiger partial charge in [0.05, 0.1) is 5.69 Å². The van der Waals surface area contributed by atoms with Gasteiger partial charge in [0.1, 0.15) is 5.75 Å². The van der Waals surface area contributed by atoms with Crippen molar-refractivity contribution in [1.82, 2.24) is 4.90 Å². The molecule has 0 spiro atoms. The standard InChI is InChI=1S/C19H23N3O2.ClH/c20-16-6-2-1-5-15(16)9-10-19(24)22-13-11-21(12-14-22)17-7-3-4-8-18(17)23;/h1-8,23H,9-14,20H2;1H. The number of nitrogens with two attached hydrogens (primary N) is 1. The summed E-state index contributed by atoms with van der Waals surface area (Å²) in [4.78, 5) is 16.4. The number of phenolic OH excluding ortho intramolecular Hbond substituents is 1. The Bertz CT molecular complexity index is 715. The number of carbonyl (C=O) groups excluding carboxylic acids is 1. The number of nitrogens with zero attached hydrogens (tertiary/aromatic N) is 2. The second-order valence-electron chi connectivity index (χ2n) is 6.06. The van der Waals surface area contributed by atoms with Gasteiger partial charge in [-0.2, -0.15) is 0 Å². The molecule has 0 atom stereocenters. The van der Waals surface area contributed by atoms with Crippen LogP contribution in [0.1, 0.15) is 12.0 Å². The maximum atomic E-state index is 12.4. The molecule has 1 heterocycles. The molecule has 0 saturated carbocycles. The second-order valence-corrected chi connectivity index (χ2v) is 6.06. The highest BCUT2D eigenvalue weighted by atomic mass is 35.5. The SMILES string of the molecule is Cl.Nc1ccccc1CCC(=O)N1CCN(c2ccccc2O)CC1. The van der Waals surface area contributed by atoms with Gasteiger partial charge in [-0.3, -0.25) is 4.79 Å². The van der Waals surface area contributed by atoms with Gasteiger partial charge in [0.15, 0.2) is 0 Å². The summed E-state index contributed by atoms with van der Waals surface area (Å²) in [6.45, 7) is 2.82. The average Bonchev–Trinajstić information content (AvgIpc) is 2.61. The van der Waals surface area contributed by atoms with Gasteiger partial charge >= 0.3 is 0 Å². The number of nitrogen functional groups attached to an aromatic ring is 1. The molecule has 0 aliphatic carbocycles. The van der Waals surface area contributed by atoms with Gasteiger partial charge in [-0.05, 0) is 30.2 Å². The molecular formula is C19H24ClN3O2. The average molecular weight is 362 g/mol. The van der Waals surface area contributed by atoms with Crippen LogP contribution in [0.15, 0.2) is 48.5 Å². The molecule has 1 aliphatic heterocycles. The summed E-state index contributed by atoms with van der Waals surface area (Å²) < 4.78 is 0. The number of amides is 1. The van der Waals surface area contributed by atoms with Crippen molar-refractivity contribution < 1.29 is 9.90 Å². The lowest BCUT2D eigenvalue weighted by Gasteiger charge is -2.36. The van der Waals surface area contributed by atoms with Crippen LogP contribution in [0.4, 0.5) is 11.4 Å². The number of para-hydroxylation sites is 3. The van der Waals surface area contributed by atoms with Crippen LogP contribution in [0, 0.1) is 0 Å². The smallest absolute Gasteiger partial charge is 0.223 e. The Morgan fingerprint density at radius 3 is 2.32 bits per heavy atom. The van der Waals surface area contributed by atoms with Gasteiger partial charge in [0.2, 0.25) is 5.91 Å². The van der Waals surface area contributed by atoms with Crippen molar-refractivity contribution in [3.63, 3.8) is 0 Å². The van der Waals surface area contributed by atoms with E-state index in [2.05, 4.69) is 4.90 Å². The first kappa shape index (κ1) is 18.9. The van der Waals surface area contributed by atoms with Crippen molar-refractivity contribution in [2.75, 3.05) is 36.8 Å². The first-order chi connectivity index (χ1) is 11.6. The van der Waals surface area contributed by atoms with Crippen LogP contribution in [0.5, 0.6) is 5.75 Å². The maximum Gasteiger partial charge on any atom is 0.223 e. The molecule has 2 aromatic rings. The topological polar surface area (TPSA) is 69.8 Å². The Balaban J connectivity index is 0.00000225. The van der Waals surface area contributed by atoms with Crippen LogP contribution in [-0.4, -0.2) is 42.1 Å². The molecule has 0 unspecified atom stereocenters. The number of aromatic hydroxyl groups is 1. The van der Waals surface area contributed by atoms with Gasteiger partial charge in [-0.1, -0.05) is 30.3 Å². The normalized spacial score (nSPS) is 14.1. The molecule has 25 heavy (non-hydrogen) atoms. The summed E-state index contributed by atoms with van der Waals surface area (Å²) in [7, 11) is 0. The van der Waals surface area contributed by atoms with Crippen LogP contribution >= 0.6 is 12.4 Å². The number of benzene rings is 2. The number of hydrogen-bond acceptors (Lipinski definition) is 4. The van der Waals surface area contributed by atoms with E-state index >= 15 is 0 Å². The molecule has 0 radical (unpaired) electrons. The fraction of sp³-hybridized carbons (Fsp3) is 0.316. The molecule has 1 saturated heterocycles. The lowest BCUT2D eigenvalue weighted by molar-refractivity contribution is -0.131. The van der Waals surface area contributed by atoms with E-state index in [9.17, 15) is 9.90 Å². The van der Waals surface area contributed by atoms with Crippen LogP contribution in [0.25, 0.3) is 0 Å². The minimum absolute atomic E-state index is 0. The number of anilines is 2. The third-order valence-corrected chi connectivity index (χ3v) is 4.52. The molecule has 6 heteroatoms. The van der Waals surface area contributed by atoms with Crippen molar-refractivity contribution in [3.05, 3.63) is 54.1 Å².